The maximum absolute atomic E-state index is 10.1. The molecule has 0 radical (unpaired) electrons. The summed E-state index contributed by atoms with van der Waals surface area (Å²) in [5, 5.41) is 2.86. The molecule has 1 heterocycles. The van der Waals surface area contributed by atoms with Crippen LogP contribution in [0.3, 0.4) is 0 Å². The smallest absolute Gasteiger partial charge is 0.416 e. The fraction of sp³-hybridized carbons (Fsp3) is 0.0769. The van der Waals surface area contributed by atoms with Crippen molar-refractivity contribution in [2.75, 3.05) is 0 Å². The third kappa shape index (κ3) is 4.24. The van der Waals surface area contributed by atoms with Crippen molar-refractivity contribution in [1.29, 1.82) is 0 Å². The highest BCUT2D eigenvalue weighted by Gasteiger charge is 2.20. The van der Waals surface area contributed by atoms with Crippen LogP contribution in [-0.4, -0.2) is 4.89 Å². The molecule has 1 aliphatic rings. The Bertz CT molecular complexity index is 595. The second-order valence-corrected chi connectivity index (χ2v) is 6.52. The summed E-state index contributed by atoms with van der Waals surface area (Å²) >= 11 is 5.00. The van der Waals surface area contributed by atoms with E-state index in [1.807, 2.05) is 31.2 Å². The monoisotopic (exact) mass is 295 g/mol. The largest absolute Gasteiger partial charge is 0.433 e. The number of rotatable bonds is 4. The van der Waals surface area contributed by atoms with E-state index >= 15 is 0 Å². The molecular weight excluding hydrogens is 281 g/mol. The van der Waals surface area contributed by atoms with Crippen LogP contribution in [-0.2, 0) is 16.3 Å². The first-order chi connectivity index (χ1) is 9.07. The van der Waals surface area contributed by atoms with E-state index in [0.29, 0.717) is 11.6 Å². The van der Waals surface area contributed by atoms with Gasteiger partial charge in [0, 0.05) is 18.0 Å². The van der Waals surface area contributed by atoms with Gasteiger partial charge in [-0.15, -0.1) is 0 Å². The molecule has 4 nitrogen and oxygen atoms in total. The van der Waals surface area contributed by atoms with E-state index in [-0.39, 0.29) is 0 Å². The van der Waals surface area contributed by atoms with Gasteiger partial charge in [0.15, 0.2) is 0 Å². The lowest BCUT2D eigenvalue weighted by Crippen LogP contribution is -2.08. The molecule has 0 spiro atoms. The molecule has 19 heavy (non-hydrogen) atoms. The Morgan fingerprint density at radius 2 is 1.95 bits per heavy atom. The molecule has 0 amide bonds. The van der Waals surface area contributed by atoms with Crippen molar-refractivity contribution in [2.24, 2.45) is 0 Å². The minimum Gasteiger partial charge on any atom is -0.416 e. The summed E-state index contributed by atoms with van der Waals surface area (Å²) in [4.78, 5) is 10.1. The second-order valence-electron chi connectivity index (χ2n) is 3.84. The molecule has 2 rings (SSSR count). The van der Waals surface area contributed by atoms with Crippen LogP contribution in [0.5, 0.6) is 5.75 Å². The summed E-state index contributed by atoms with van der Waals surface area (Å²) in [5.41, 5.74) is 0.886. The van der Waals surface area contributed by atoms with Gasteiger partial charge < -0.3 is 19.3 Å². The summed E-state index contributed by atoms with van der Waals surface area (Å²) in [6.45, 7) is -1.52. The van der Waals surface area contributed by atoms with Crippen LogP contribution in [0.2, 0.25) is 0 Å². The molecule has 6 heteroatoms. The molecule has 2 N–H and O–H groups in total. The van der Waals surface area contributed by atoms with Crippen molar-refractivity contribution in [2.45, 2.75) is 6.92 Å². The summed E-state index contributed by atoms with van der Waals surface area (Å²) in [6, 6.07) is 7.31. The topological polar surface area (TPSA) is 50.7 Å². The Hall–Kier alpha value is -1.55. The summed E-state index contributed by atoms with van der Waals surface area (Å²) in [6.07, 6.45) is 8.74. The van der Waals surface area contributed by atoms with Gasteiger partial charge in [-0.1, -0.05) is 30.4 Å². The molecule has 100 valence electrons. The maximum atomic E-state index is 10.1. The lowest BCUT2D eigenvalue weighted by molar-refractivity contribution is 0.308. The minimum atomic E-state index is -3.39. The van der Waals surface area contributed by atoms with Gasteiger partial charge in [-0.05, 0) is 30.7 Å². The van der Waals surface area contributed by atoms with Crippen LogP contribution in [0.15, 0.2) is 60.7 Å². The summed E-state index contributed by atoms with van der Waals surface area (Å²) < 4.78 is 10.7. The highest BCUT2D eigenvalue weighted by Crippen LogP contribution is 2.46. The van der Waals surface area contributed by atoms with Crippen molar-refractivity contribution in [3.8, 4) is 5.75 Å². The highest BCUT2D eigenvalue weighted by molar-refractivity contribution is 8.07. The van der Waals surface area contributed by atoms with Crippen molar-refractivity contribution in [1.82, 2.24) is 5.32 Å². The van der Waals surface area contributed by atoms with Crippen LogP contribution in [0.4, 0.5) is 0 Å². The maximum Gasteiger partial charge on any atom is 0.433 e. The zero-order chi connectivity index (χ0) is 13.7. The van der Waals surface area contributed by atoms with Crippen LogP contribution in [0.1, 0.15) is 5.56 Å². The predicted molar refractivity (Wildman–Crippen MR) is 78.9 cm³/mol. The van der Waals surface area contributed by atoms with Gasteiger partial charge in [0.1, 0.15) is 5.75 Å². The van der Waals surface area contributed by atoms with Gasteiger partial charge in [-0.25, -0.2) is 0 Å². The molecule has 0 saturated heterocycles. The number of aryl methyl sites for hydroxylation is 1. The van der Waals surface area contributed by atoms with Crippen LogP contribution in [0, 0.1) is 6.92 Å². The van der Waals surface area contributed by atoms with Gasteiger partial charge >= 0.3 is 6.72 Å². The Kier molecular flexibility index (Phi) is 4.43. The highest BCUT2D eigenvalue weighted by atomic mass is 32.5. The van der Waals surface area contributed by atoms with Crippen molar-refractivity contribution >= 4 is 18.5 Å². The zero-order valence-electron chi connectivity index (χ0n) is 10.3. The van der Waals surface area contributed by atoms with Gasteiger partial charge in [0.2, 0.25) is 5.88 Å². The zero-order valence-corrected chi connectivity index (χ0v) is 12.0. The standard InChI is InChI=1S/C13H14NO3PS/c1-11-7-4-5-8-12(11)16-18(15,19)17-13-9-3-2-6-10-14-13/h2-10,14H,1H3,(H,15,19). The van der Waals surface area contributed by atoms with Gasteiger partial charge in [-0.2, -0.15) is 0 Å². The van der Waals surface area contributed by atoms with Crippen LogP contribution >= 0.6 is 6.72 Å². The molecule has 0 aromatic heterocycles. The lowest BCUT2D eigenvalue weighted by Gasteiger charge is -2.19. The van der Waals surface area contributed by atoms with Gasteiger partial charge in [0.05, 0.1) is 0 Å². The first-order valence-electron chi connectivity index (χ1n) is 5.64. The number of hydrogen-bond acceptors (Lipinski definition) is 4. The molecule has 1 aromatic carbocycles. The number of allylic oxidation sites excluding steroid dienone is 4. The van der Waals surface area contributed by atoms with Gasteiger partial charge in [0.25, 0.3) is 0 Å². The van der Waals surface area contributed by atoms with Crippen LogP contribution < -0.4 is 9.84 Å². The normalized spacial score (nSPS) is 16.8. The summed E-state index contributed by atoms with van der Waals surface area (Å²) in [5.74, 6) is 0.873. The number of para-hydroxylation sites is 1. The van der Waals surface area contributed by atoms with E-state index < -0.39 is 6.72 Å². The Morgan fingerprint density at radius 3 is 2.74 bits per heavy atom. The van der Waals surface area contributed by atoms with Crippen molar-refractivity contribution < 1.29 is 13.9 Å². The quantitative estimate of drug-likeness (QED) is 0.836. The molecule has 1 unspecified atom stereocenters. The Balaban J connectivity index is 2.09. The SMILES string of the molecule is Cc1ccccc1OP(O)(=S)OC1=CC=CC=CN1. The van der Waals surface area contributed by atoms with E-state index in [0.717, 1.165) is 5.56 Å². The number of hydrogen-bond donors (Lipinski definition) is 2. The van der Waals surface area contributed by atoms with Crippen molar-refractivity contribution in [3.63, 3.8) is 0 Å². The number of benzene rings is 1. The molecule has 0 fully saturated rings. The molecule has 1 atom stereocenters. The van der Waals surface area contributed by atoms with Crippen LogP contribution in [0.25, 0.3) is 0 Å². The fourth-order valence-corrected chi connectivity index (χ4v) is 2.76. The first-order valence-corrected chi connectivity index (χ1v) is 8.23. The third-order valence-electron chi connectivity index (χ3n) is 2.31. The summed E-state index contributed by atoms with van der Waals surface area (Å²) in [7, 11) is 0. The fourth-order valence-electron chi connectivity index (χ4n) is 1.42. The molecule has 0 bridgehead atoms. The first kappa shape index (κ1) is 13.9. The van der Waals surface area contributed by atoms with E-state index in [1.165, 1.54) is 0 Å². The Labute approximate surface area is 117 Å². The van der Waals surface area contributed by atoms with E-state index in [4.69, 9.17) is 20.9 Å². The minimum absolute atomic E-state index is 0.351. The second kappa shape index (κ2) is 6.06. The lowest BCUT2D eigenvalue weighted by atomic mass is 10.2. The molecule has 0 saturated carbocycles. The van der Waals surface area contributed by atoms with Gasteiger partial charge in [-0.3, -0.25) is 0 Å². The molecule has 1 aromatic rings. The average molecular weight is 295 g/mol. The van der Waals surface area contributed by atoms with E-state index in [1.54, 1.807) is 30.5 Å². The molecule has 1 aliphatic heterocycles. The predicted octanol–water partition coefficient (Wildman–Crippen LogP) is 3.12. The van der Waals surface area contributed by atoms with E-state index in [9.17, 15) is 4.89 Å². The number of nitrogens with one attached hydrogen (secondary N) is 1. The van der Waals surface area contributed by atoms with Crippen molar-refractivity contribution in [3.05, 3.63) is 66.2 Å². The Morgan fingerprint density at radius 1 is 1.16 bits per heavy atom. The molecule has 0 aliphatic carbocycles. The molecular formula is C13H14NO3PS. The average Bonchev–Trinajstić information content (AvgIpc) is 2.60. The third-order valence-corrected chi connectivity index (χ3v) is 3.61. The van der Waals surface area contributed by atoms with E-state index in [2.05, 4.69) is 5.32 Å².